The van der Waals surface area contributed by atoms with Crippen molar-refractivity contribution in [1.82, 2.24) is 10.6 Å². The summed E-state index contributed by atoms with van der Waals surface area (Å²) in [6.45, 7) is 2.36. The topological polar surface area (TPSA) is 41.1 Å². The standard InChI is InChI=1S/C20H23BrN2O/c1-15-13-17(21)9-5-6-10-18(15)22-14-19(24)23-20(11-12-20)16-7-3-2-4-8-16/h2-4,7-10,13,22H,5-6,11-12,14H2,1H3,(H,23,24)/b15-13-,17-9+,18-10+. The van der Waals surface area contributed by atoms with Crippen molar-refractivity contribution in [1.29, 1.82) is 0 Å². The highest BCUT2D eigenvalue weighted by Gasteiger charge is 2.45. The van der Waals surface area contributed by atoms with Crippen LogP contribution in [0.1, 0.15) is 38.2 Å². The molecule has 0 unspecified atom stereocenters. The molecule has 2 aliphatic carbocycles. The third kappa shape index (κ3) is 4.18. The van der Waals surface area contributed by atoms with E-state index in [-0.39, 0.29) is 11.4 Å². The summed E-state index contributed by atoms with van der Waals surface area (Å²) in [5.74, 6) is 0.0433. The quantitative estimate of drug-likeness (QED) is 0.792. The summed E-state index contributed by atoms with van der Waals surface area (Å²) in [4.78, 5) is 12.4. The van der Waals surface area contributed by atoms with Crippen LogP contribution < -0.4 is 10.6 Å². The summed E-state index contributed by atoms with van der Waals surface area (Å²) in [6.07, 6.45) is 10.4. The minimum atomic E-state index is -0.147. The number of hydrogen-bond acceptors (Lipinski definition) is 2. The van der Waals surface area contributed by atoms with Gasteiger partial charge in [-0.25, -0.2) is 0 Å². The van der Waals surface area contributed by atoms with Crippen LogP contribution in [0.4, 0.5) is 0 Å². The van der Waals surface area contributed by atoms with Crippen molar-refractivity contribution in [3.05, 3.63) is 69.9 Å². The van der Waals surface area contributed by atoms with E-state index in [1.807, 2.05) is 18.2 Å². The molecule has 3 nitrogen and oxygen atoms in total. The Hall–Kier alpha value is -1.81. The molecule has 1 fully saturated rings. The summed E-state index contributed by atoms with van der Waals surface area (Å²) >= 11 is 3.55. The molecule has 1 aromatic rings. The van der Waals surface area contributed by atoms with Crippen molar-refractivity contribution in [3.8, 4) is 0 Å². The fourth-order valence-electron chi connectivity index (χ4n) is 3.02. The summed E-state index contributed by atoms with van der Waals surface area (Å²) in [5, 5.41) is 6.50. The van der Waals surface area contributed by atoms with E-state index in [9.17, 15) is 4.79 Å². The second-order valence-corrected chi connectivity index (χ2v) is 7.38. The predicted octanol–water partition coefficient (Wildman–Crippen LogP) is 4.28. The Labute approximate surface area is 152 Å². The molecule has 4 heteroatoms. The molecule has 126 valence electrons. The number of amides is 1. The van der Waals surface area contributed by atoms with Crippen LogP contribution in [0.3, 0.4) is 0 Å². The number of carbonyl (C=O) groups is 1. The van der Waals surface area contributed by atoms with Crippen molar-refractivity contribution in [3.63, 3.8) is 0 Å². The Kier molecular flexibility index (Phi) is 5.24. The summed E-state index contributed by atoms with van der Waals surface area (Å²) in [5.41, 5.74) is 3.23. The van der Waals surface area contributed by atoms with E-state index in [1.165, 1.54) is 5.56 Å². The van der Waals surface area contributed by atoms with Gasteiger partial charge in [-0.2, -0.15) is 0 Å². The first kappa shape index (κ1) is 17.0. The van der Waals surface area contributed by atoms with Crippen molar-refractivity contribution in [2.45, 2.75) is 38.1 Å². The summed E-state index contributed by atoms with van der Waals surface area (Å²) < 4.78 is 1.10. The maximum Gasteiger partial charge on any atom is 0.239 e. The minimum Gasteiger partial charge on any atom is -0.376 e. The fourth-order valence-corrected chi connectivity index (χ4v) is 3.59. The zero-order valence-electron chi connectivity index (χ0n) is 13.9. The molecule has 0 aliphatic heterocycles. The van der Waals surface area contributed by atoms with Crippen LogP contribution in [0.2, 0.25) is 0 Å². The van der Waals surface area contributed by atoms with Crippen molar-refractivity contribution < 1.29 is 4.79 Å². The molecular formula is C20H23BrN2O. The zero-order chi connectivity index (χ0) is 17.0. The highest BCUT2D eigenvalue weighted by molar-refractivity contribution is 9.11. The Morgan fingerprint density at radius 1 is 1.17 bits per heavy atom. The van der Waals surface area contributed by atoms with E-state index in [0.29, 0.717) is 6.54 Å². The Bertz CT molecular complexity index is 700. The molecule has 2 N–H and O–H groups in total. The number of nitrogens with one attached hydrogen (secondary N) is 2. The van der Waals surface area contributed by atoms with Crippen LogP contribution in [-0.2, 0) is 10.3 Å². The van der Waals surface area contributed by atoms with Crippen LogP contribution in [0, 0.1) is 0 Å². The average molecular weight is 387 g/mol. The maximum atomic E-state index is 12.4. The monoisotopic (exact) mass is 386 g/mol. The lowest BCUT2D eigenvalue weighted by Gasteiger charge is -2.19. The second kappa shape index (κ2) is 7.39. The van der Waals surface area contributed by atoms with Crippen molar-refractivity contribution in [2.24, 2.45) is 0 Å². The van der Waals surface area contributed by atoms with Gasteiger partial charge in [0.15, 0.2) is 0 Å². The van der Waals surface area contributed by atoms with Gasteiger partial charge >= 0.3 is 0 Å². The van der Waals surface area contributed by atoms with Crippen LogP contribution >= 0.6 is 15.9 Å². The van der Waals surface area contributed by atoms with E-state index in [2.05, 4.69) is 63.8 Å². The van der Waals surface area contributed by atoms with E-state index >= 15 is 0 Å². The van der Waals surface area contributed by atoms with Gasteiger partial charge in [-0.3, -0.25) is 4.79 Å². The van der Waals surface area contributed by atoms with E-state index < -0.39 is 0 Å². The minimum absolute atomic E-state index is 0.0433. The molecule has 0 saturated heterocycles. The third-order valence-corrected chi connectivity index (χ3v) is 5.08. The normalized spacial score (nSPS) is 25.7. The van der Waals surface area contributed by atoms with Crippen molar-refractivity contribution in [2.75, 3.05) is 6.54 Å². The molecule has 0 bridgehead atoms. The van der Waals surface area contributed by atoms with Gasteiger partial charge in [0.25, 0.3) is 0 Å². The molecule has 3 rings (SSSR count). The largest absolute Gasteiger partial charge is 0.376 e. The van der Waals surface area contributed by atoms with Crippen LogP contribution in [0.5, 0.6) is 0 Å². The van der Waals surface area contributed by atoms with Gasteiger partial charge in [0.1, 0.15) is 0 Å². The molecule has 0 radical (unpaired) electrons. The highest BCUT2D eigenvalue weighted by Crippen LogP contribution is 2.45. The molecule has 0 atom stereocenters. The van der Waals surface area contributed by atoms with Crippen LogP contribution in [-0.4, -0.2) is 12.5 Å². The third-order valence-electron chi connectivity index (χ3n) is 4.53. The molecule has 2 aliphatic rings. The second-order valence-electron chi connectivity index (χ2n) is 6.46. The first-order valence-electron chi connectivity index (χ1n) is 8.44. The van der Waals surface area contributed by atoms with Crippen LogP contribution in [0.25, 0.3) is 0 Å². The molecule has 0 spiro atoms. The van der Waals surface area contributed by atoms with Gasteiger partial charge in [-0.05, 0) is 49.8 Å². The van der Waals surface area contributed by atoms with Gasteiger partial charge in [0.2, 0.25) is 5.91 Å². The molecule has 1 amide bonds. The van der Waals surface area contributed by atoms with Gasteiger partial charge in [-0.1, -0.05) is 58.4 Å². The molecule has 1 aromatic carbocycles. The number of hydrogen-bond donors (Lipinski definition) is 2. The van der Waals surface area contributed by atoms with Crippen molar-refractivity contribution >= 4 is 21.8 Å². The smallest absolute Gasteiger partial charge is 0.239 e. The van der Waals surface area contributed by atoms with Crippen LogP contribution in [0.15, 0.2) is 64.3 Å². The van der Waals surface area contributed by atoms with E-state index in [1.54, 1.807) is 0 Å². The first-order valence-corrected chi connectivity index (χ1v) is 9.23. The van der Waals surface area contributed by atoms with E-state index in [0.717, 1.165) is 41.4 Å². The predicted molar refractivity (Wildman–Crippen MR) is 102 cm³/mol. The maximum absolute atomic E-state index is 12.4. The number of benzene rings is 1. The Morgan fingerprint density at radius 3 is 2.58 bits per heavy atom. The molecule has 24 heavy (non-hydrogen) atoms. The zero-order valence-corrected chi connectivity index (χ0v) is 15.5. The fraction of sp³-hybridized carbons (Fsp3) is 0.350. The molecule has 1 saturated carbocycles. The van der Waals surface area contributed by atoms with Gasteiger partial charge in [-0.15, -0.1) is 0 Å². The SMILES string of the molecule is CC1=C/C(Br)=C\CC/C=C\1NCC(=O)NC1(c2ccccc2)CC1. The molecule has 0 aromatic heterocycles. The molecular weight excluding hydrogens is 364 g/mol. The van der Waals surface area contributed by atoms with E-state index in [4.69, 9.17) is 0 Å². The Morgan fingerprint density at radius 2 is 1.88 bits per heavy atom. The number of carbonyl (C=O) groups excluding carboxylic acids is 1. The lowest BCUT2D eigenvalue weighted by molar-refractivity contribution is -0.121. The lowest BCUT2D eigenvalue weighted by atomic mass is 10.1. The lowest BCUT2D eigenvalue weighted by Crippen LogP contribution is -2.40. The first-order chi connectivity index (χ1) is 11.6. The number of halogens is 1. The summed E-state index contributed by atoms with van der Waals surface area (Å²) in [6, 6.07) is 10.2. The molecule has 0 heterocycles. The Balaban J connectivity index is 1.58. The van der Waals surface area contributed by atoms with Gasteiger partial charge in [0, 0.05) is 10.2 Å². The van der Waals surface area contributed by atoms with Gasteiger partial charge in [0.05, 0.1) is 12.1 Å². The average Bonchev–Trinajstić information content (AvgIpc) is 3.34. The van der Waals surface area contributed by atoms with Gasteiger partial charge < -0.3 is 10.6 Å². The number of allylic oxidation sites excluding steroid dienone is 5. The summed E-state index contributed by atoms with van der Waals surface area (Å²) in [7, 11) is 0. The number of rotatable bonds is 5. The highest BCUT2D eigenvalue weighted by atomic mass is 79.9.